The highest BCUT2D eigenvalue weighted by Crippen LogP contribution is 2.29. The summed E-state index contributed by atoms with van der Waals surface area (Å²) in [7, 11) is 0. The minimum Gasteiger partial charge on any atom is -0.308 e. The predicted octanol–water partition coefficient (Wildman–Crippen LogP) is 2.96. The molecule has 0 bridgehead atoms. The summed E-state index contributed by atoms with van der Waals surface area (Å²) in [5.74, 6) is 0.999. The summed E-state index contributed by atoms with van der Waals surface area (Å²) in [6, 6.07) is 6.27. The van der Waals surface area contributed by atoms with Gasteiger partial charge in [0, 0.05) is 24.0 Å². The third-order valence-corrected chi connectivity index (χ3v) is 5.76. The van der Waals surface area contributed by atoms with E-state index in [1.54, 1.807) is 0 Å². The molecule has 3 aromatic heterocycles. The topological polar surface area (TPSA) is 55.1 Å². The SMILES string of the molecule is C[C@H](NCCc1nnc2ccccn12)c1nc2c(s1)CCCC2. The molecule has 1 N–H and O–H groups in total. The molecule has 4 rings (SSSR count). The summed E-state index contributed by atoms with van der Waals surface area (Å²) in [5.41, 5.74) is 2.25. The molecule has 0 saturated heterocycles. The maximum atomic E-state index is 4.84. The number of aromatic nitrogens is 4. The molecule has 0 aromatic carbocycles. The van der Waals surface area contributed by atoms with Crippen molar-refractivity contribution in [2.75, 3.05) is 6.54 Å². The number of thiazole rings is 1. The van der Waals surface area contributed by atoms with Gasteiger partial charge in [-0.15, -0.1) is 21.5 Å². The molecular formula is C17H21N5S. The molecule has 1 atom stereocenters. The lowest BCUT2D eigenvalue weighted by atomic mass is 10.0. The third-order valence-electron chi connectivity index (χ3n) is 4.42. The molecule has 23 heavy (non-hydrogen) atoms. The Hall–Kier alpha value is -1.79. The average Bonchev–Trinajstić information content (AvgIpc) is 3.19. The fraction of sp³-hybridized carbons (Fsp3) is 0.471. The van der Waals surface area contributed by atoms with Crippen molar-refractivity contribution in [2.45, 2.75) is 45.1 Å². The molecule has 1 aliphatic carbocycles. The van der Waals surface area contributed by atoms with Gasteiger partial charge in [0.05, 0.1) is 11.7 Å². The highest BCUT2D eigenvalue weighted by molar-refractivity contribution is 7.11. The van der Waals surface area contributed by atoms with Crippen LogP contribution in [0.3, 0.4) is 0 Å². The summed E-state index contributed by atoms with van der Waals surface area (Å²) in [4.78, 5) is 6.34. The number of hydrogen-bond acceptors (Lipinski definition) is 5. The van der Waals surface area contributed by atoms with Gasteiger partial charge >= 0.3 is 0 Å². The third kappa shape index (κ3) is 3.01. The maximum Gasteiger partial charge on any atom is 0.160 e. The van der Waals surface area contributed by atoms with E-state index in [0.717, 1.165) is 30.9 Å². The molecule has 0 amide bonds. The van der Waals surface area contributed by atoms with Crippen LogP contribution in [0.5, 0.6) is 0 Å². The largest absolute Gasteiger partial charge is 0.308 e. The number of rotatable bonds is 5. The van der Waals surface area contributed by atoms with Crippen molar-refractivity contribution in [3.05, 3.63) is 45.8 Å². The van der Waals surface area contributed by atoms with Crippen LogP contribution in [-0.2, 0) is 19.3 Å². The lowest BCUT2D eigenvalue weighted by molar-refractivity contribution is 0.563. The Labute approximate surface area is 139 Å². The zero-order chi connectivity index (χ0) is 15.6. The second-order valence-corrected chi connectivity index (χ2v) is 7.22. The van der Waals surface area contributed by atoms with Crippen LogP contribution in [-0.4, -0.2) is 26.1 Å². The second-order valence-electron chi connectivity index (χ2n) is 6.10. The van der Waals surface area contributed by atoms with Crippen molar-refractivity contribution in [1.29, 1.82) is 0 Å². The van der Waals surface area contributed by atoms with Crippen LogP contribution in [0.4, 0.5) is 0 Å². The maximum absolute atomic E-state index is 4.84. The number of aryl methyl sites for hydroxylation is 2. The van der Waals surface area contributed by atoms with E-state index in [4.69, 9.17) is 4.98 Å². The molecular weight excluding hydrogens is 306 g/mol. The fourth-order valence-electron chi connectivity index (χ4n) is 3.11. The summed E-state index contributed by atoms with van der Waals surface area (Å²) < 4.78 is 2.05. The monoisotopic (exact) mass is 327 g/mol. The summed E-state index contributed by atoms with van der Waals surface area (Å²) in [5, 5.41) is 13.3. The number of fused-ring (bicyclic) bond motifs is 2. The van der Waals surface area contributed by atoms with Gasteiger partial charge in [0.15, 0.2) is 5.65 Å². The molecule has 1 aliphatic rings. The lowest BCUT2D eigenvalue weighted by Crippen LogP contribution is -2.22. The molecule has 3 aromatic rings. The van der Waals surface area contributed by atoms with E-state index < -0.39 is 0 Å². The van der Waals surface area contributed by atoms with E-state index >= 15 is 0 Å². The summed E-state index contributed by atoms with van der Waals surface area (Å²) in [6.45, 7) is 3.08. The van der Waals surface area contributed by atoms with Crippen LogP contribution < -0.4 is 5.32 Å². The Morgan fingerprint density at radius 1 is 1.26 bits per heavy atom. The van der Waals surface area contributed by atoms with Crippen molar-refractivity contribution >= 4 is 17.0 Å². The fourth-order valence-corrected chi connectivity index (χ4v) is 4.29. The van der Waals surface area contributed by atoms with Gasteiger partial charge in [-0.25, -0.2) is 4.98 Å². The smallest absolute Gasteiger partial charge is 0.160 e. The van der Waals surface area contributed by atoms with E-state index in [0.29, 0.717) is 6.04 Å². The number of nitrogens with one attached hydrogen (secondary N) is 1. The molecule has 120 valence electrons. The Balaban J connectivity index is 1.38. The quantitative estimate of drug-likeness (QED) is 0.783. The first-order valence-corrected chi connectivity index (χ1v) is 9.13. The number of pyridine rings is 1. The minimum absolute atomic E-state index is 0.296. The van der Waals surface area contributed by atoms with Gasteiger partial charge in [-0.3, -0.25) is 4.40 Å². The van der Waals surface area contributed by atoms with Gasteiger partial charge in [-0.2, -0.15) is 0 Å². The van der Waals surface area contributed by atoms with Gasteiger partial charge in [-0.1, -0.05) is 6.07 Å². The van der Waals surface area contributed by atoms with Crippen LogP contribution in [0, 0.1) is 0 Å². The Bertz CT molecular complexity index is 783. The van der Waals surface area contributed by atoms with Crippen molar-refractivity contribution < 1.29 is 0 Å². The molecule has 0 unspecified atom stereocenters. The van der Waals surface area contributed by atoms with E-state index in [1.807, 2.05) is 35.7 Å². The first kappa shape index (κ1) is 14.8. The molecule has 0 fully saturated rings. The lowest BCUT2D eigenvalue weighted by Gasteiger charge is -2.10. The summed E-state index contributed by atoms with van der Waals surface area (Å²) >= 11 is 1.89. The molecule has 3 heterocycles. The average molecular weight is 327 g/mol. The summed E-state index contributed by atoms with van der Waals surface area (Å²) in [6.07, 6.45) is 7.85. The van der Waals surface area contributed by atoms with Crippen LogP contribution in [0.25, 0.3) is 5.65 Å². The predicted molar refractivity (Wildman–Crippen MR) is 91.9 cm³/mol. The minimum atomic E-state index is 0.296. The molecule has 0 saturated carbocycles. The van der Waals surface area contributed by atoms with Gasteiger partial charge < -0.3 is 5.32 Å². The van der Waals surface area contributed by atoms with Crippen molar-refractivity contribution in [3.63, 3.8) is 0 Å². The van der Waals surface area contributed by atoms with E-state index in [1.165, 1.54) is 34.8 Å². The zero-order valence-corrected chi connectivity index (χ0v) is 14.1. The number of hydrogen-bond donors (Lipinski definition) is 1. The molecule has 6 heteroatoms. The van der Waals surface area contributed by atoms with Crippen LogP contribution in [0.1, 0.15) is 47.2 Å². The van der Waals surface area contributed by atoms with E-state index in [2.05, 4.69) is 26.8 Å². The first-order chi connectivity index (χ1) is 11.3. The Morgan fingerprint density at radius 3 is 3.09 bits per heavy atom. The van der Waals surface area contributed by atoms with Crippen LogP contribution >= 0.6 is 11.3 Å². The van der Waals surface area contributed by atoms with Gasteiger partial charge in [0.2, 0.25) is 0 Å². The Morgan fingerprint density at radius 2 is 2.17 bits per heavy atom. The molecule has 0 radical (unpaired) electrons. The molecule has 5 nitrogen and oxygen atoms in total. The highest BCUT2D eigenvalue weighted by Gasteiger charge is 2.18. The van der Waals surface area contributed by atoms with Crippen molar-refractivity contribution in [3.8, 4) is 0 Å². The standard InChI is InChI=1S/C17H21N5S/c1-12(17-19-13-6-2-3-7-14(13)23-17)18-10-9-16-21-20-15-8-4-5-11-22(15)16/h4-5,8,11-12,18H,2-3,6-7,9-10H2,1H3/t12-/m0/s1. The van der Waals surface area contributed by atoms with Gasteiger partial charge in [0.25, 0.3) is 0 Å². The second kappa shape index (κ2) is 6.37. The Kier molecular flexibility index (Phi) is 4.10. The first-order valence-electron chi connectivity index (χ1n) is 8.32. The van der Waals surface area contributed by atoms with E-state index in [9.17, 15) is 0 Å². The van der Waals surface area contributed by atoms with E-state index in [-0.39, 0.29) is 0 Å². The number of nitrogens with zero attached hydrogens (tertiary/aromatic N) is 4. The van der Waals surface area contributed by atoms with Gasteiger partial charge in [0.1, 0.15) is 10.8 Å². The highest BCUT2D eigenvalue weighted by atomic mass is 32.1. The van der Waals surface area contributed by atoms with Gasteiger partial charge in [-0.05, 0) is 44.7 Å². The normalized spacial score (nSPS) is 15.7. The molecule has 0 spiro atoms. The molecule has 0 aliphatic heterocycles. The van der Waals surface area contributed by atoms with Crippen molar-refractivity contribution in [1.82, 2.24) is 24.9 Å². The van der Waals surface area contributed by atoms with Crippen LogP contribution in [0.2, 0.25) is 0 Å². The zero-order valence-electron chi connectivity index (χ0n) is 13.3. The van der Waals surface area contributed by atoms with Crippen LogP contribution in [0.15, 0.2) is 24.4 Å². The van der Waals surface area contributed by atoms with Crippen molar-refractivity contribution in [2.24, 2.45) is 0 Å².